The van der Waals surface area contributed by atoms with Gasteiger partial charge in [0.1, 0.15) is 0 Å². The number of amides is 1. The standard InChI is InChI=1S/C26H34N4O3S2/c1-4-6-14-27-35(32,33)21-12-13-22-24(17-21)29(15-7-5-2)26(28-22)34-18-25(31)30-19(3)16-20-10-8-9-11-23(20)30/h8-13,17,19,27H,4-7,14-16,18H2,1-3H3/t19-/m1/s1. The number of thioether (sulfide) groups is 1. The fourth-order valence-corrected chi connectivity index (χ4v) is 6.49. The number of benzene rings is 2. The molecule has 0 aliphatic carbocycles. The van der Waals surface area contributed by atoms with Gasteiger partial charge in [-0.3, -0.25) is 4.79 Å². The lowest BCUT2D eigenvalue weighted by atomic mass is 10.1. The number of nitrogens with one attached hydrogen (secondary N) is 1. The van der Waals surface area contributed by atoms with E-state index in [0.29, 0.717) is 6.54 Å². The van der Waals surface area contributed by atoms with Gasteiger partial charge in [-0.2, -0.15) is 0 Å². The Hall–Kier alpha value is -2.36. The van der Waals surface area contributed by atoms with Crippen LogP contribution in [0.2, 0.25) is 0 Å². The number of sulfonamides is 1. The summed E-state index contributed by atoms with van der Waals surface area (Å²) >= 11 is 1.42. The van der Waals surface area contributed by atoms with Gasteiger partial charge in [0.15, 0.2) is 5.16 Å². The third kappa shape index (κ3) is 5.57. The van der Waals surface area contributed by atoms with Crippen LogP contribution in [0.15, 0.2) is 52.5 Å². The Morgan fingerprint density at radius 3 is 2.69 bits per heavy atom. The molecule has 0 saturated carbocycles. The molecule has 3 aromatic rings. The molecule has 0 radical (unpaired) electrons. The second-order valence-corrected chi connectivity index (χ2v) is 11.7. The molecule has 0 saturated heterocycles. The summed E-state index contributed by atoms with van der Waals surface area (Å²) in [6, 6.07) is 13.3. The van der Waals surface area contributed by atoms with Crippen LogP contribution in [-0.4, -0.2) is 42.2 Å². The zero-order valence-corrected chi connectivity index (χ0v) is 22.3. The van der Waals surface area contributed by atoms with Gasteiger partial charge in [-0.15, -0.1) is 0 Å². The first kappa shape index (κ1) is 25.7. The third-order valence-corrected chi connectivity index (χ3v) is 8.77. The fourth-order valence-electron chi connectivity index (χ4n) is 4.50. The molecule has 0 fully saturated rings. The van der Waals surface area contributed by atoms with E-state index in [-0.39, 0.29) is 22.6 Å². The molecule has 188 valence electrons. The molecule has 0 bridgehead atoms. The van der Waals surface area contributed by atoms with Crippen LogP contribution in [-0.2, 0) is 27.8 Å². The summed E-state index contributed by atoms with van der Waals surface area (Å²) in [6.45, 7) is 7.37. The van der Waals surface area contributed by atoms with Crippen molar-refractivity contribution < 1.29 is 13.2 Å². The van der Waals surface area contributed by atoms with E-state index in [9.17, 15) is 13.2 Å². The first-order valence-electron chi connectivity index (χ1n) is 12.4. The Kier molecular flexibility index (Phi) is 8.19. The molecule has 1 aliphatic rings. The van der Waals surface area contributed by atoms with Crippen molar-refractivity contribution in [2.24, 2.45) is 0 Å². The average Bonchev–Trinajstić information content (AvgIpc) is 3.37. The summed E-state index contributed by atoms with van der Waals surface area (Å²) in [6.07, 6.45) is 4.53. The molecule has 7 nitrogen and oxygen atoms in total. The van der Waals surface area contributed by atoms with E-state index in [4.69, 9.17) is 4.98 Å². The van der Waals surface area contributed by atoms with Gasteiger partial charge < -0.3 is 9.47 Å². The zero-order chi connectivity index (χ0) is 25.0. The van der Waals surface area contributed by atoms with E-state index in [1.54, 1.807) is 18.2 Å². The lowest BCUT2D eigenvalue weighted by Crippen LogP contribution is -2.37. The maximum atomic E-state index is 13.2. The number of aromatic nitrogens is 2. The topological polar surface area (TPSA) is 84.3 Å². The summed E-state index contributed by atoms with van der Waals surface area (Å²) < 4.78 is 30.3. The van der Waals surface area contributed by atoms with Gasteiger partial charge in [-0.25, -0.2) is 18.1 Å². The fraction of sp³-hybridized carbons (Fsp3) is 0.462. The van der Waals surface area contributed by atoms with E-state index in [1.807, 2.05) is 30.0 Å². The normalized spacial score (nSPS) is 15.6. The van der Waals surface area contributed by atoms with E-state index in [2.05, 4.69) is 29.2 Å². The average molecular weight is 515 g/mol. The number of anilines is 1. The molecule has 1 N–H and O–H groups in total. The summed E-state index contributed by atoms with van der Waals surface area (Å²) in [5.41, 5.74) is 3.72. The van der Waals surface area contributed by atoms with Gasteiger partial charge in [0.2, 0.25) is 15.9 Å². The number of aryl methyl sites for hydroxylation is 1. The highest BCUT2D eigenvalue weighted by atomic mass is 32.2. The van der Waals surface area contributed by atoms with Crippen molar-refractivity contribution in [1.82, 2.24) is 14.3 Å². The minimum absolute atomic E-state index is 0.0601. The maximum absolute atomic E-state index is 13.2. The number of unbranched alkanes of at least 4 members (excludes halogenated alkanes) is 2. The first-order chi connectivity index (χ1) is 16.9. The van der Waals surface area contributed by atoms with Gasteiger partial charge in [-0.1, -0.05) is 56.7 Å². The van der Waals surface area contributed by atoms with Gasteiger partial charge in [0, 0.05) is 24.8 Å². The van der Waals surface area contributed by atoms with E-state index >= 15 is 0 Å². The Morgan fingerprint density at radius 1 is 1.14 bits per heavy atom. The monoisotopic (exact) mass is 514 g/mol. The van der Waals surface area contributed by atoms with Crippen molar-refractivity contribution in [1.29, 1.82) is 0 Å². The van der Waals surface area contributed by atoms with Crippen molar-refractivity contribution in [3.8, 4) is 0 Å². The Labute approximate surface area is 212 Å². The van der Waals surface area contributed by atoms with Crippen molar-refractivity contribution >= 4 is 44.4 Å². The van der Waals surface area contributed by atoms with Crippen molar-refractivity contribution in [3.63, 3.8) is 0 Å². The molecule has 0 spiro atoms. The van der Waals surface area contributed by atoms with Crippen LogP contribution in [0.3, 0.4) is 0 Å². The van der Waals surface area contributed by atoms with E-state index in [1.165, 1.54) is 17.3 Å². The molecule has 1 aliphatic heterocycles. The highest BCUT2D eigenvalue weighted by Gasteiger charge is 2.30. The lowest BCUT2D eigenvalue weighted by Gasteiger charge is -2.22. The number of hydrogen-bond acceptors (Lipinski definition) is 5. The summed E-state index contributed by atoms with van der Waals surface area (Å²) in [5.74, 6) is 0.336. The molecule has 2 heterocycles. The van der Waals surface area contributed by atoms with E-state index in [0.717, 1.165) is 60.5 Å². The summed E-state index contributed by atoms with van der Waals surface area (Å²) in [7, 11) is -3.58. The minimum atomic E-state index is -3.58. The van der Waals surface area contributed by atoms with Crippen molar-refractivity contribution in [2.45, 2.75) is 75.5 Å². The summed E-state index contributed by atoms with van der Waals surface area (Å²) in [5, 5.41) is 0.746. The molecular weight excluding hydrogens is 480 g/mol. The van der Waals surface area contributed by atoms with Crippen LogP contribution in [0, 0.1) is 0 Å². The van der Waals surface area contributed by atoms with E-state index < -0.39 is 10.0 Å². The van der Waals surface area contributed by atoms with Crippen LogP contribution in [0.4, 0.5) is 5.69 Å². The van der Waals surface area contributed by atoms with Gasteiger partial charge >= 0.3 is 0 Å². The number of rotatable bonds is 11. The molecule has 1 aromatic heterocycles. The molecular formula is C26H34N4O3S2. The second kappa shape index (κ2) is 11.1. The van der Waals surface area contributed by atoms with Crippen LogP contribution in [0.25, 0.3) is 11.0 Å². The predicted molar refractivity (Wildman–Crippen MR) is 143 cm³/mol. The molecule has 0 unspecified atom stereocenters. The van der Waals surface area contributed by atoms with Crippen molar-refractivity contribution in [3.05, 3.63) is 48.0 Å². The second-order valence-electron chi connectivity index (χ2n) is 9.04. The molecule has 9 heteroatoms. The highest BCUT2D eigenvalue weighted by Crippen LogP contribution is 2.33. The van der Waals surface area contributed by atoms with Gasteiger partial charge in [0.25, 0.3) is 0 Å². The van der Waals surface area contributed by atoms with Crippen LogP contribution >= 0.6 is 11.8 Å². The smallest absolute Gasteiger partial charge is 0.240 e. The number of para-hydroxylation sites is 1. The third-order valence-electron chi connectivity index (χ3n) is 6.35. The van der Waals surface area contributed by atoms with Gasteiger partial charge in [-0.05, 0) is 56.0 Å². The first-order valence-corrected chi connectivity index (χ1v) is 14.8. The number of carbonyl (C=O) groups is 1. The largest absolute Gasteiger partial charge is 0.319 e. The molecule has 2 aromatic carbocycles. The Morgan fingerprint density at radius 2 is 1.91 bits per heavy atom. The number of fused-ring (bicyclic) bond motifs is 2. The van der Waals surface area contributed by atoms with Crippen LogP contribution in [0.5, 0.6) is 0 Å². The van der Waals surface area contributed by atoms with Crippen LogP contribution in [0.1, 0.15) is 52.0 Å². The number of nitrogens with zero attached hydrogens (tertiary/aromatic N) is 3. The Bertz CT molecular complexity index is 1300. The molecule has 4 rings (SSSR count). The highest BCUT2D eigenvalue weighted by molar-refractivity contribution is 7.99. The minimum Gasteiger partial charge on any atom is -0.319 e. The zero-order valence-electron chi connectivity index (χ0n) is 20.7. The number of imidazole rings is 1. The predicted octanol–water partition coefficient (Wildman–Crippen LogP) is 4.98. The van der Waals surface area contributed by atoms with Crippen LogP contribution < -0.4 is 9.62 Å². The number of hydrogen-bond donors (Lipinski definition) is 1. The SMILES string of the molecule is CCCCNS(=O)(=O)c1ccc2nc(SCC(=O)N3c4ccccc4C[C@H]3C)n(CCCC)c2c1. The maximum Gasteiger partial charge on any atom is 0.240 e. The lowest BCUT2D eigenvalue weighted by molar-refractivity contribution is -0.116. The number of carbonyl (C=O) groups excluding carboxylic acids is 1. The summed E-state index contributed by atoms with van der Waals surface area (Å²) in [4.78, 5) is 20.1. The molecule has 1 amide bonds. The van der Waals surface area contributed by atoms with Gasteiger partial charge in [0.05, 0.1) is 21.7 Å². The quantitative estimate of drug-likeness (QED) is 0.288. The molecule has 35 heavy (non-hydrogen) atoms. The Balaban J connectivity index is 1.58. The molecule has 1 atom stereocenters. The van der Waals surface area contributed by atoms with Crippen molar-refractivity contribution in [2.75, 3.05) is 17.2 Å².